The zero-order chi connectivity index (χ0) is 19.7. The molecular formula is C23H27N3O2. The van der Waals surface area contributed by atoms with E-state index in [4.69, 9.17) is 4.74 Å². The highest BCUT2D eigenvalue weighted by molar-refractivity contribution is 5.37. The van der Waals surface area contributed by atoms with E-state index >= 15 is 0 Å². The molecule has 4 rings (SSSR count). The van der Waals surface area contributed by atoms with Gasteiger partial charge in [-0.2, -0.15) is 5.26 Å². The Labute approximate surface area is 166 Å². The minimum Gasteiger partial charge on any atom is -0.486 e. The Bertz CT molecular complexity index is 892. The minimum absolute atomic E-state index is 0.184. The summed E-state index contributed by atoms with van der Waals surface area (Å²) in [5.41, 5.74) is 3.67. The molecule has 5 nitrogen and oxygen atoms in total. The average molecular weight is 377 g/mol. The van der Waals surface area contributed by atoms with Crippen LogP contribution in [0.4, 0.5) is 0 Å². The van der Waals surface area contributed by atoms with Crippen molar-refractivity contribution < 1.29 is 9.84 Å². The van der Waals surface area contributed by atoms with Gasteiger partial charge in [0.15, 0.2) is 0 Å². The molecule has 1 aromatic heterocycles. The van der Waals surface area contributed by atoms with E-state index in [1.807, 2.05) is 50.2 Å². The molecule has 1 saturated carbocycles. The van der Waals surface area contributed by atoms with Gasteiger partial charge in [-0.05, 0) is 62.3 Å². The number of rotatable bonds is 4. The van der Waals surface area contributed by atoms with Crippen molar-refractivity contribution in [2.24, 2.45) is 11.8 Å². The maximum Gasteiger partial charge on any atom is 0.141 e. The van der Waals surface area contributed by atoms with E-state index in [1.54, 1.807) is 0 Å². The van der Waals surface area contributed by atoms with E-state index < -0.39 is 6.10 Å². The van der Waals surface area contributed by atoms with E-state index in [0.29, 0.717) is 11.8 Å². The number of pyridine rings is 1. The van der Waals surface area contributed by atoms with Crippen molar-refractivity contribution in [3.8, 4) is 11.8 Å². The van der Waals surface area contributed by atoms with Crippen LogP contribution in [0.5, 0.6) is 5.75 Å². The normalized spacial score (nSPS) is 27.2. The third-order valence-electron chi connectivity index (χ3n) is 6.15. The van der Waals surface area contributed by atoms with E-state index in [-0.39, 0.29) is 6.10 Å². The number of aryl methyl sites for hydroxylation is 2. The molecule has 0 amide bonds. The second-order valence-corrected chi connectivity index (χ2v) is 8.21. The molecule has 1 aliphatic carbocycles. The Balaban J connectivity index is 1.41. The number of aromatic nitrogens is 1. The number of fused-ring (bicyclic) bond motifs is 1. The minimum atomic E-state index is -0.451. The number of ether oxygens (including phenoxy) is 1. The van der Waals surface area contributed by atoms with Crippen LogP contribution in [-0.4, -0.2) is 40.3 Å². The quantitative estimate of drug-likeness (QED) is 0.886. The molecule has 0 spiro atoms. The van der Waals surface area contributed by atoms with Crippen LogP contribution in [0, 0.1) is 37.0 Å². The van der Waals surface area contributed by atoms with Crippen LogP contribution in [0.1, 0.15) is 35.4 Å². The molecule has 0 bridgehead atoms. The van der Waals surface area contributed by atoms with Crippen LogP contribution >= 0.6 is 0 Å². The first-order valence-corrected chi connectivity index (χ1v) is 10.0. The zero-order valence-corrected chi connectivity index (χ0v) is 16.5. The highest BCUT2D eigenvalue weighted by Gasteiger charge is 2.42. The predicted octanol–water partition coefficient (Wildman–Crippen LogP) is 3.22. The molecule has 146 valence electrons. The molecule has 2 aliphatic rings. The number of benzene rings is 1. The Kier molecular flexibility index (Phi) is 5.34. The van der Waals surface area contributed by atoms with Crippen LogP contribution in [0.25, 0.3) is 0 Å². The lowest BCUT2D eigenvalue weighted by Gasteiger charge is -2.35. The fourth-order valence-corrected chi connectivity index (χ4v) is 4.71. The van der Waals surface area contributed by atoms with Gasteiger partial charge in [0, 0.05) is 25.3 Å². The lowest BCUT2D eigenvalue weighted by atomic mass is 9.78. The van der Waals surface area contributed by atoms with Crippen molar-refractivity contribution in [3.63, 3.8) is 0 Å². The Hall–Kier alpha value is -2.42. The fraction of sp³-hybridized carbons (Fsp3) is 0.478. The summed E-state index contributed by atoms with van der Waals surface area (Å²) in [6, 6.07) is 14.0. The lowest BCUT2D eigenvalue weighted by molar-refractivity contribution is -0.0236. The van der Waals surface area contributed by atoms with Gasteiger partial charge in [-0.15, -0.1) is 0 Å². The molecule has 2 heterocycles. The first-order chi connectivity index (χ1) is 13.5. The Morgan fingerprint density at radius 1 is 1.14 bits per heavy atom. The standard InChI is InChI=1S/C23H27N3O2/c1-15-7-8-22(16(2)25-15)28-23-10-20-14-26(13-19(20)9-21(23)27)12-18-6-4-3-5-17(18)11-24/h3-8,19-21,23,27H,9-10,12-14H2,1-2H3/t19-,20+,21+,23+/m0/s1. The van der Waals surface area contributed by atoms with Crippen molar-refractivity contribution in [2.45, 2.75) is 45.4 Å². The third-order valence-corrected chi connectivity index (χ3v) is 6.15. The highest BCUT2D eigenvalue weighted by atomic mass is 16.5. The van der Waals surface area contributed by atoms with E-state index in [2.05, 4.69) is 16.0 Å². The summed E-state index contributed by atoms with van der Waals surface area (Å²) in [6.45, 7) is 6.67. The molecule has 1 saturated heterocycles. The molecule has 1 N–H and O–H groups in total. The molecule has 1 aliphatic heterocycles. The molecule has 2 aromatic rings. The maximum atomic E-state index is 10.7. The second kappa shape index (κ2) is 7.90. The topological polar surface area (TPSA) is 69.4 Å². The summed E-state index contributed by atoms with van der Waals surface area (Å²) >= 11 is 0. The Morgan fingerprint density at radius 3 is 2.64 bits per heavy atom. The summed E-state index contributed by atoms with van der Waals surface area (Å²) in [5.74, 6) is 1.77. The first kappa shape index (κ1) is 18.9. The average Bonchev–Trinajstić information content (AvgIpc) is 3.05. The first-order valence-electron chi connectivity index (χ1n) is 10.0. The zero-order valence-electron chi connectivity index (χ0n) is 16.5. The van der Waals surface area contributed by atoms with Crippen LogP contribution in [0.15, 0.2) is 36.4 Å². The van der Waals surface area contributed by atoms with E-state index in [0.717, 1.165) is 60.7 Å². The van der Waals surface area contributed by atoms with E-state index in [1.165, 1.54) is 0 Å². The number of aliphatic hydroxyl groups is 1. The molecule has 4 atom stereocenters. The summed E-state index contributed by atoms with van der Waals surface area (Å²) in [7, 11) is 0. The summed E-state index contributed by atoms with van der Waals surface area (Å²) < 4.78 is 6.18. The summed E-state index contributed by atoms with van der Waals surface area (Å²) in [6.07, 6.45) is 0.990. The molecule has 0 radical (unpaired) electrons. The SMILES string of the molecule is Cc1ccc(O[C@@H]2C[C@@H]3CN(Cc4ccccc4C#N)C[C@@H]3C[C@H]2O)c(C)n1. The summed E-state index contributed by atoms with van der Waals surface area (Å²) in [5, 5.41) is 20.0. The lowest BCUT2D eigenvalue weighted by Crippen LogP contribution is -2.42. The van der Waals surface area contributed by atoms with Crippen LogP contribution in [0.3, 0.4) is 0 Å². The van der Waals surface area contributed by atoms with Gasteiger partial charge in [-0.25, -0.2) is 0 Å². The van der Waals surface area contributed by atoms with Crippen LogP contribution in [0.2, 0.25) is 0 Å². The second-order valence-electron chi connectivity index (χ2n) is 8.21. The maximum absolute atomic E-state index is 10.7. The Morgan fingerprint density at radius 2 is 1.89 bits per heavy atom. The number of nitriles is 1. The molecule has 1 aromatic carbocycles. The third kappa shape index (κ3) is 3.89. The fourth-order valence-electron chi connectivity index (χ4n) is 4.71. The number of hydrogen-bond acceptors (Lipinski definition) is 5. The van der Waals surface area contributed by atoms with Crippen LogP contribution in [-0.2, 0) is 6.54 Å². The van der Waals surface area contributed by atoms with Crippen molar-refractivity contribution in [1.29, 1.82) is 5.26 Å². The van der Waals surface area contributed by atoms with E-state index in [9.17, 15) is 10.4 Å². The molecule has 0 unspecified atom stereocenters. The number of likely N-dealkylation sites (tertiary alicyclic amines) is 1. The highest BCUT2D eigenvalue weighted by Crippen LogP contribution is 2.38. The largest absolute Gasteiger partial charge is 0.486 e. The van der Waals surface area contributed by atoms with Crippen molar-refractivity contribution in [3.05, 3.63) is 58.9 Å². The summed E-state index contributed by atoms with van der Waals surface area (Å²) in [4.78, 5) is 6.88. The number of nitrogens with zero attached hydrogens (tertiary/aromatic N) is 3. The van der Waals surface area contributed by atoms with Crippen LogP contribution < -0.4 is 4.74 Å². The number of aliphatic hydroxyl groups excluding tert-OH is 1. The monoisotopic (exact) mass is 377 g/mol. The predicted molar refractivity (Wildman–Crippen MR) is 107 cm³/mol. The van der Waals surface area contributed by atoms with Gasteiger partial charge >= 0.3 is 0 Å². The van der Waals surface area contributed by atoms with Gasteiger partial charge in [0.2, 0.25) is 0 Å². The smallest absolute Gasteiger partial charge is 0.141 e. The number of hydrogen-bond donors (Lipinski definition) is 1. The van der Waals surface area contributed by atoms with Crippen molar-refractivity contribution in [1.82, 2.24) is 9.88 Å². The van der Waals surface area contributed by atoms with Gasteiger partial charge in [-0.3, -0.25) is 9.88 Å². The van der Waals surface area contributed by atoms with Crippen molar-refractivity contribution >= 4 is 0 Å². The molecular weight excluding hydrogens is 350 g/mol. The van der Waals surface area contributed by atoms with Crippen molar-refractivity contribution in [2.75, 3.05) is 13.1 Å². The molecule has 5 heteroatoms. The molecule has 2 fully saturated rings. The molecule has 28 heavy (non-hydrogen) atoms. The van der Waals surface area contributed by atoms with Gasteiger partial charge in [0.05, 0.1) is 23.4 Å². The van der Waals surface area contributed by atoms with Gasteiger partial charge in [-0.1, -0.05) is 18.2 Å². The van der Waals surface area contributed by atoms with Gasteiger partial charge in [0.1, 0.15) is 11.9 Å². The van der Waals surface area contributed by atoms with Gasteiger partial charge in [0.25, 0.3) is 0 Å². The van der Waals surface area contributed by atoms with Gasteiger partial charge < -0.3 is 9.84 Å².